The fraction of sp³-hybridized carbons (Fsp3) is 0.750. The second-order valence-electron chi connectivity index (χ2n) is 3.74. The van der Waals surface area contributed by atoms with Gasteiger partial charge in [0.05, 0.1) is 0 Å². The van der Waals surface area contributed by atoms with Crippen LogP contribution in [0.15, 0.2) is 12.3 Å². The zero-order chi connectivity index (χ0) is 6.91. The van der Waals surface area contributed by atoms with E-state index in [9.17, 15) is 0 Å². The molecule has 0 radical (unpaired) electrons. The smallest absolute Gasteiger partial charge is 0.0210 e. The molecule has 1 unspecified atom stereocenters. The maximum atomic E-state index is 3.20. The normalized spacial score (nSPS) is 26.3. The van der Waals surface area contributed by atoms with Crippen LogP contribution in [0.4, 0.5) is 0 Å². The van der Waals surface area contributed by atoms with Crippen molar-refractivity contribution in [3.63, 3.8) is 0 Å². The lowest BCUT2D eigenvalue weighted by molar-refractivity contribution is 0.302. The second-order valence-corrected chi connectivity index (χ2v) is 3.74. The number of hydrogen-bond donors (Lipinski definition) is 1. The van der Waals surface area contributed by atoms with Gasteiger partial charge in [-0.25, -0.2) is 0 Å². The molecule has 1 aliphatic rings. The summed E-state index contributed by atoms with van der Waals surface area (Å²) in [4.78, 5) is 0. The highest BCUT2D eigenvalue weighted by atomic mass is 14.9. The van der Waals surface area contributed by atoms with Crippen molar-refractivity contribution in [2.45, 2.75) is 20.8 Å². The summed E-state index contributed by atoms with van der Waals surface area (Å²) in [5.74, 6) is 0.720. The first kappa shape index (κ1) is 6.66. The summed E-state index contributed by atoms with van der Waals surface area (Å²) in [5, 5.41) is 3.20. The third kappa shape index (κ3) is 1.47. The molecule has 0 spiro atoms. The van der Waals surface area contributed by atoms with Crippen LogP contribution in [0.25, 0.3) is 0 Å². The van der Waals surface area contributed by atoms with Crippen molar-refractivity contribution in [2.75, 3.05) is 6.54 Å². The Morgan fingerprint density at radius 2 is 2.11 bits per heavy atom. The van der Waals surface area contributed by atoms with Crippen LogP contribution in [0, 0.1) is 11.3 Å². The van der Waals surface area contributed by atoms with E-state index in [-0.39, 0.29) is 0 Å². The van der Waals surface area contributed by atoms with Crippen molar-refractivity contribution in [2.24, 2.45) is 11.3 Å². The highest BCUT2D eigenvalue weighted by molar-refractivity contribution is 5.00. The molecule has 0 saturated heterocycles. The van der Waals surface area contributed by atoms with Gasteiger partial charge in [-0.3, -0.25) is 0 Å². The van der Waals surface area contributed by atoms with Crippen molar-refractivity contribution < 1.29 is 0 Å². The van der Waals surface area contributed by atoms with Gasteiger partial charge in [-0.15, -0.1) is 0 Å². The van der Waals surface area contributed by atoms with Crippen LogP contribution in [0.5, 0.6) is 0 Å². The zero-order valence-corrected chi connectivity index (χ0v) is 6.44. The predicted octanol–water partition coefficient (Wildman–Crippen LogP) is 1.77. The largest absolute Gasteiger partial charge is 0.391 e. The molecule has 0 aromatic carbocycles. The third-order valence-electron chi connectivity index (χ3n) is 1.90. The van der Waals surface area contributed by atoms with Crippen molar-refractivity contribution in [3.8, 4) is 0 Å². The van der Waals surface area contributed by atoms with Crippen LogP contribution in [0.1, 0.15) is 20.8 Å². The first-order chi connectivity index (χ1) is 4.11. The summed E-state index contributed by atoms with van der Waals surface area (Å²) in [7, 11) is 0. The molecule has 0 fully saturated rings. The highest BCUT2D eigenvalue weighted by Gasteiger charge is 2.23. The number of nitrogens with one attached hydrogen (secondary N) is 1. The van der Waals surface area contributed by atoms with Gasteiger partial charge < -0.3 is 5.32 Å². The summed E-state index contributed by atoms with van der Waals surface area (Å²) < 4.78 is 0. The maximum Gasteiger partial charge on any atom is 0.0210 e. The van der Waals surface area contributed by atoms with Gasteiger partial charge in [-0.05, 0) is 11.6 Å². The lowest BCUT2D eigenvalue weighted by Gasteiger charge is -2.24. The Kier molecular flexibility index (Phi) is 1.52. The van der Waals surface area contributed by atoms with E-state index < -0.39 is 0 Å². The topological polar surface area (TPSA) is 12.0 Å². The number of rotatable bonds is 0. The molecule has 9 heavy (non-hydrogen) atoms. The van der Waals surface area contributed by atoms with E-state index in [0.29, 0.717) is 5.41 Å². The van der Waals surface area contributed by atoms with Gasteiger partial charge in [-0.2, -0.15) is 0 Å². The molecule has 1 aliphatic heterocycles. The Bertz CT molecular complexity index is 119. The van der Waals surface area contributed by atoms with Gasteiger partial charge >= 0.3 is 0 Å². The van der Waals surface area contributed by atoms with Gasteiger partial charge in [0, 0.05) is 12.5 Å². The van der Waals surface area contributed by atoms with Crippen molar-refractivity contribution in [3.05, 3.63) is 12.3 Å². The summed E-state index contributed by atoms with van der Waals surface area (Å²) in [6.45, 7) is 7.93. The monoisotopic (exact) mass is 125 g/mol. The van der Waals surface area contributed by atoms with Crippen molar-refractivity contribution in [1.82, 2.24) is 5.32 Å². The van der Waals surface area contributed by atoms with Gasteiger partial charge in [0.2, 0.25) is 0 Å². The number of hydrogen-bond acceptors (Lipinski definition) is 1. The molecule has 0 aromatic rings. The SMILES string of the molecule is CC(C)(C)C1C=CNC1. The molecule has 1 atom stereocenters. The van der Waals surface area contributed by atoms with Crippen LogP contribution in [0.2, 0.25) is 0 Å². The van der Waals surface area contributed by atoms with Crippen molar-refractivity contribution in [1.29, 1.82) is 0 Å². The fourth-order valence-corrected chi connectivity index (χ4v) is 1.04. The van der Waals surface area contributed by atoms with E-state index in [4.69, 9.17) is 0 Å². The molecule has 0 aromatic heterocycles. The summed E-state index contributed by atoms with van der Waals surface area (Å²) in [6.07, 6.45) is 4.30. The average Bonchev–Trinajstić information content (AvgIpc) is 2.08. The molecule has 52 valence electrons. The van der Waals surface area contributed by atoms with Gasteiger partial charge in [-0.1, -0.05) is 26.8 Å². The van der Waals surface area contributed by atoms with E-state index in [1.54, 1.807) is 0 Å². The highest BCUT2D eigenvalue weighted by Crippen LogP contribution is 2.27. The van der Waals surface area contributed by atoms with Gasteiger partial charge in [0.15, 0.2) is 0 Å². The molecule has 1 rings (SSSR count). The Labute approximate surface area is 57.1 Å². The van der Waals surface area contributed by atoms with E-state index in [0.717, 1.165) is 12.5 Å². The quantitative estimate of drug-likeness (QED) is 0.520. The molecule has 1 N–H and O–H groups in total. The van der Waals surface area contributed by atoms with Gasteiger partial charge in [0.25, 0.3) is 0 Å². The minimum absolute atomic E-state index is 0.431. The minimum Gasteiger partial charge on any atom is -0.391 e. The van der Waals surface area contributed by atoms with Crippen molar-refractivity contribution >= 4 is 0 Å². The standard InChI is InChI=1S/C8H15N/c1-8(2,3)7-4-5-9-6-7/h4-5,7,9H,6H2,1-3H3. The van der Waals surface area contributed by atoms with E-state index in [1.165, 1.54) is 0 Å². The fourth-order valence-electron chi connectivity index (χ4n) is 1.04. The molecule has 1 heterocycles. The molecular formula is C8H15N. The van der Waals surface area contributed by atoms with E-state index in [2.05, 4.69) is 38.4 Å². The van der Waals surface area contributed by atoms with Crippen LogP contribution in [-0.2, 0) is 0 Å². The van der Waals surface area contributed by atoms with Crippen LogP contribution >= 0.6 is 0 Å². The Morgan fingerprint density at radius 3 is 2.33 bits per heavy atom. The second kappa shape index (κ2) is 2.05. The van der Waals surface area contributed by atoms with Crippen LogP contribution in [-0.4, -0.2) is 6.54 Å². The molecule has 0 bridgehead atoms. The first-order valence-corrected chi connectivity index (χ1v) is 3.51. The lowest BCUT2D eigenvalue weighted by atomic mass is 9.82. The lowest BCUT2D eigenvalue weighted by Crippen LogP contribution is -2.22. The zero-order valence-electron chi connectivity index (χ0n) is 6.44. The Balaban J connectivity index is 2.53. The Hall–Kier alpha value is -0.460. The average molecular weight is 125 g/mol. The van der Waals surface area contributed by atoms with Gasteiger partial charge in [0.1, 0.15) is 0 Å². The summed E-state index contributed by atoms with van der Waals surface area (Å²) in [5.41, 5.74) is 0.431. The third-order valence-corrected chi connectivity index (χ3v) is 1.90. The maximum absolute atomic E-state index is 3.20. The Morgan fingerprint density at radius 1 is 1.44 bits per heavy atom. The summed E-state index contributed by atoms with van der Waals surface area (Å²) in [6, 6.07) is 0. The molecule has 0 amide bonds. The summed E-state index contributed by atoms with van der Waals surface area (Å²) >= 11 is 0. The first-order valence-electron chi connectivity index (χ1n) is 3.51. The molecule has 1 heteroatoms. The molecule has 0 aliphatic carbocycles. The molecular weight excluding hydrogens is 110 g/mol. The van der Waals surface area contributed by atoms with Crippen LogP contribution in [0.3, 0.4) is 0 Å². The minimum atomic E-state index is 0.431. The van der Waals surface area contributed by atoms with Crippen LogP contribution < -0.4 is 5.32 Å². The predicted molar refractivity (Wildman–Crippen MR) is 40.1 cm³/mol. The molecule has 0 saturated carbocycles. The molecule has 1 nitrogen and oxygen atoms in total. The van der Waals surface area contributed by atoms with E-state index >= 15 is 0 Å². The van der Waals surface area contributed by atoms with E-state index in [1.807, 2.05) is 0 Å².